The van der Waals surface area contributed by atoms with Crippen LogP contribution < -0.4 is 5.32 Å². The molecule has 1 heterocycles. The molecule has 0 spiro atoms. The average molecular weight is 329 g/mol. The minimum Gasteiger partial charge on any atom is -0.449 e. The van der Waals surface area contributed by atoms with Crippen molar-refractivity contribution in [3.05, 3.63) is 33.6 Å². The SMILES string of the molecule is CC1(C)COC(=O)N[C@H]1c1c(F)ccc(Cl)c1Cl.Cl. The summed E-state index contributed by atoms with van der Waals surface area (Å²) in [7, 11) is 0. The Kier molecular flexibility index (Phi) is 4.93. The predicted octanol–water partition coefficient (Wildman–Crippen LogP) is 4.36. The number of rotatable bonds is 1. The molecular formula is C12H13Cl3FNO2. The van der Waals surface area contributed by atoms with Crippen molar-refractivity contribution >= 4 is 41.7 Å². The first-order valence-electron chi connectivity index (χ1n) is 5.39. The fourth-order valence-electron chi connectivity index (χ4n) is 1.96. The highest BCUT2D eigenvalue weighted by Gasteiger charge is 2.40. The van der Waals surface area contributed by atoms with E-state index in [2.05, 4.69) is 5.32 Å². The summed E-state index contributed by atoms with van der Waals surface area (Å²) in [6.07, 6.45) is -0.588. The van der Waals surface area contributed by atoms with Crippen LogP contribution in [0.15, 0.2) is 12.1 Å². The maximum Gasteiger partial charge on any atom is 0.407 e. The summed E-state index contributed by atoms with van der Waals surface area (Å²) >= 11 is 11.9. The molecule has 1 fully saturated rings. The molecule has 0 unspecified atom stereocenters. The number of cyclic esters (lactones) is 1. The lowest BCUT2D eigenvalue weighted by Gasteiger charge is -2.39. The smallest absolute Gasteiger partial charge is 0.407 e. The van der Waals surface area contributed by atoms with E-state index in [1.165, 1.54) is 12.1 Å². The molecule has 19 heavy (non-hydrogen) atoms. The molecule has 1 aliphatic rings. The number of hydrogen-bond donors (Lipinski definition) is 1. The van der Waals surface area contributed by atoms with Gasteiger partial charge < -0.3 is 10.1 Å². The molecule has 1 saturated heterocycles. The number of benzene rings is 1. The summed E-state index contributed by atoms with van der Waals surface area (Å²) in [5, 5.41) is 2.96. The highest BCUT2D eigenvalue weighted by atomic mass is 35.5. The highest BCUT2D eigenvalue weighted by Crippen LogP contribution is 2.42. The summed E-state index contributed by atoms with van der Waals surface area (Å²) in [5.41, 5.74) is -0.283. The fraction of sp³-hybridized carbons (Fsp3) is 0.417. The third kappa shape index (κ3) is 3.07. The van der Waals surface area contributed by atoms with Gasteiger partial charge in [-0.2, -0.15) is 0 Å². The molecule has 106 valence electrons. The third-order valence-electron chi connectivity index (χ3n) is 2.99. The Morgan fingerprint density at radius 3 is 2.68 bits per heavy atom. The van der Waals surface area contributed by atoms with E-state index in [4.69, 9.17) is 27.9 Å². The number of amides is 1. The van der Waals surface area contributed by atoms with Crippen molar-refractivity contribution in [3.8, 4) is 0 Å². The second-order valence-corrected chi connectivity index (χ2v) is 5.68. The van der Waals surface area contributed by atoms with Gasteiger partial charge in [-0.05, 0) is 12.1 Å². The zero-order chi connectivity index (χ0) is 13.5. The van der Waals surface area contributed by atoms with Gasteiger partial charge in [0.1, 0.15) is 12.4 Å². The van der Waals surface area contributed by atoms with Crippen LogP contribution in [0.2, 0.25) is 10.0 Å². The van der Waals surface area contributed by atoms with Crippen molar-refractivity contribution in [2.24, 2.45) is 5.41 Å². The molecule has 0 aromatic heterocycles. The molecule has 1 amide bonds. The van der Waals surface area contributed by atoms with Gasteiger partial charge in [0.15, 0.2) is 0 Å². The van der Waals surface area contributed by atoms with E-state index in [1.54, 1.807) is 0 Å². The van der Waals surface area contributed by atoms with Gasteiger partial charge in [0.05, 0.1) is 16.1 Å². The van der Waals surface area contributed by atoms with Gasteiger partial charge in [-0.15, -0.1) is 12.4 Å². The molecular weight excluding hydrogens is 315 g/mol. The van der Waals surface area contributed by atoms with Crippen molar-refractivity contribution in [2.45, 2.75) is 19.9 Å². The monoisotopic (exact) mass is 327 g/mol. The van der Waals surface area contributed by atoms with Crippen LogP contribution in [-0.4, -0.2) is 12.7 Å². The minimum absolute atomic E-state index is 0. The van der Waals surface area contributed by atoms with Gasteiger partial charge in [0, 0.05) is 11.0 Å². The van der Waals surface area contributed by atoms with Gasteiger partial charge >= 0.3 is 6.09 Å². The Balaban J connectivity index is 0.00000180. The fourth-order valence-corrected chi connectivity index (χ4v) is 2.39. The third-order valence-corrected chi connectivity index (χ3v) is 3.81. The van der Waals surface area contributed by atoms with Gasteiger partial charge in [0.25, 0.3) is 0 Å². The quantitative estimate of drug-likeness (QED) is 0.778. The predicted molar refractivity (Wildman–Crippen MR) is 74.7 cm³/mol. The summed E-state index contributed by atoms with van der Waals surface area (Å²) in [6, 6.07) is 2.04. The van der Waals surface area contributed by atoms with Crippen LogP contribution >= 0.6 is 35.6 Å². The Morgan fingerprint density at radius 2 is 2.05 bits per heavy atom. The van der Waals surface area contributed by atoms with E-state index in [0.29, 0.717) is 0 Å². The molecule has 0 radical (unpaired) electrons. The minimum atomic E-state index is -0.588. The van der Waals surface area contributed by atoms with Crippen molar-refractivity contribution in [1.82, 2.24) is 5.32 Å². The lowest BCUT2D eigenvalue weighted by molar-refractivity contribution is 0.0378. The Bertz CT molecular complexity index is 508. The molecule has 2 rings (SSSR count). The van der Waals surface area contributed by atoms with E-state index >= 15 is 0 Å². The van der Waals surface area contributed by atoms with Crippen LogP contribution in [0, 0.1) is 11.2 Å². The van der Waals surface area contributed by atoms with Crippen LogP contribution in [-0.2, 0) is 4.74 Å². The maximum atomic E-state index is 14.0. The van der Waals surface area contributed by atoms with Crippen molar-refractivity contribution in [3.63, 3.8) is 0 Å². The summed E-state index contributed by atoms with van der Waals surface area (Å²) in [5.74, 6) is -0.496. The number of hydrogen-bond acceptors (Lipinski definition) is 2. The van der Waals surface area contributed by atoms with Gasteiger partial charge in [-0.1, -0.05) is 37.0 Å². The molecule has 3 nitrogen and oxygen atoms in total. The van der Waals surface area contributed by atoms with Crippen LogP contribution in [0.5, 0.6) is 0 Å². The molecule has 1 atom stereocenters. The molecule has 0 aliphatic carbocycles. The van der Waals surface area contributed by atoms with E-state index in [0.717, 1.165) is 0 Å². The first-order chi connectivity index (χ1) is 8.33. The first kappa shape index (κ1) is 16.3. The van der Waals surface area contributed by atoms with Crippen molar-refractivity contribution < 1.29 is 13.9 Å². The zero-order valence-corrected chi connectivity index (χ0v) is 12.6. The second kappa shape index (κ2) is 5.73. The van der Waals surface area contributed by atoms with Crippen LogP contribution in [0.1, 0.15) is 25.5 Å². The summed E-state index contributed by atoms with van der Waals surface area (Å²) in [6.45, 7) is 3.90. The molecule has 0 bridgehead atoms. The molecule has 1 aliphatic heterocycles. The number of nitrogens with one attached hydrogen (secondary N) is 1. The highest BCUT2D eigenvalue weighted by molar-refractivity contribution is 6.42. The van der Waals surface area contributed by atoms with Crippen LogP contribution in [0.25, 0.3) is 0 Å². The number of carbonyl (C=O) groups is 1. The Hall–Kier alpha value is -0.710. The second-order valence-electron chi connectivity index (χ2n) is 4.90. The molecule has 1 aromatic carbocycles. The normalized spacial score (nSPS) is 21.1. The molecule has 1 aromatic rings. The summed E-state index contributed by atoms with van der Waals surface area (Å²) in [4.78, 5) is 11.3. The lowest BCUT2D eigenvalue weighted by atomic mass is 9.80. The van der Waals surface area contributed by atoms with Crippen LogP contribution in [0.4, 0.5) is 9.18 Å². The van der Waals surface area contributed by atoms with Crippen molar-refractivity contribution in [2.75, 3.05) is 6.61 Å². The maximum absolute atomic E-state index is 14.0. The van der Waals surface area contributed by atoms with Gasteiger partial charge in [0.2, 0.25) is 0 Å². The lowest BCUT2D eigenvalue weighted by Crippen LogP contribution is -2.47. The molecule has 0 saturated carbocycles. The van der Waals surface area contributed by atoms with Crippen LogP contribution in [0.3, 0.4) is 0 Å². The largest absolute Gasteiger partial charge is 0.449 e. The molecule has 1 N–H and O–H groups in total. The van der Waals surface area contributed by atoms with Gasteiger partial charge in [-0.3, -0.25) is 0 Å². The van der Waals surface area contributed by atoms with E-state index in [1.807, 2.05) is 13.8 Å². The average Bonchev–Trinajstić information content (AvgIpc) is 2.29. The molecule has 7 heteroatoms. The van der Waals surface area contributed by atoms with Crippen molar-refractivity contribution in [1.29, 1.82) is 0 Å². The number of halogens is 4. The number of carbonyl (C=O) groups excluding carboxylic acids is 1. The Morgan fingerprint density at radius 1 is 1.42 bits per heavy atom. The van der Waals surface area contributed by atoms with E-state index in [-0.39, 0.29) is 34.6 Å². The first-order valence-corrected chi connectivity index (χ1v) is 6.15. The number of ether oxygens (including phenoxy) is 1. The van der Waals surface area contributed by atoms with E-state index in [9.17, 15) is 9.18 Å². The summed E-state index contributed by atoms with van der Waals surface area (Å²) < 4.78 is 18.9. The topological polar surface area (TPSA) is 38.3 Å². The number of alkyl carbamates (subject to hydrolysis) is 1. The van der Waals surface area contributed by atoms with E-state index < -0.39 is 23.4 Å². The standard InChI is InChI=1S/C12H12Cl2FNO2.ClH/c1-12(2)5-18-11(17)16-10(12)8-7(15)4-3-6(13)9(8)14;/h3-4,10H,5H2,1-2H3,(H,16,17);1H/t10-;/m0./s1. The Labute approximate surface area is 126 Å². The zero-order valence-electron chi connectivity index (χ0n) is 10.3. The van der Waals surface area contributed by atoms with Gasteiger partial charge in [-0.25, -0.2) is 9.18 Å².